The monoisotopic (exact) mass is 264 g/mol. The van der Waals surface area contributed by atoms with Gasteiger partial charge < -0.3 is 4.42 Å². The number of benzene rings is 1. The molecule has 0 unspecified atom stereocenters. The minimum Gasteiger partial charge on any atom is -0.450 e. The van der Waals surface area contributed by atoms with Gasteiger partial charge in [0.1, 0.15) is 0 Å². The van der Waals surface area contributed by atoms with Gasteiger partial charge in [-0.1, -0.05) is 12.1 Å². The molecule has 18 heavy (non-hydrogen) atoms. The average molecular weight is 264 g/mol. The summed E-state index contributed by atoms with van der Waals surface area (Å²) in [6.45, 7) is 0. The molecule has 96 valence electrons. The number of Topliss-reactive ketones (excluding diaryl/α,β-unsaturated/α-hetero) is 1. The third-order valence-corrected chi connectivity index (χ3v) is 2.30. The van der Waals surface area contributed by atoms with E-state index in [1.807, 2.05) is 0 Å². The minimum atomic E-state index is -4.86. The molecule has 0 amide bonds. The molecule has 0 aliphatic heterocycles. The molecule has 0 aliphatic rings. The number of furan rings is 1. The summed E-state index contributed by atoms with van der Waals surface area (Å²) in [7, 11) is 0. The Labute approximate surface area is 97.0 Å². The topological polar surface area (TPSA) is 30.2 Å². The molecule has 0 aliphatic carbocycles. The van der Waals surface area contributed by atoms with Crippen molar-refractivity contribution in [3.8, 4) is 0 Å². The van der Waals surface area contributed by atoms with Crippen molar-refractivity contribution in [3.05, 3.63) is 35.8 Å². The van der Waals surface area contributed by atoms with E-state index in [4.69, 9.17) is 0 Å². The van der Waals surface area contributed by atoms with Crippen molar-refractivity contribution < 1.29 is 31.2 Å². The van der Waals surface area contributed by atoms with Crippen LogP contribution in [0.2, 0.25) is 0 Å². The van der Waals surface area contributed by atoms with E-state index in [0.29, 0.717) is 0 Å². The number of hydrogen-bond donors (Lipinski definition) is 0. The lowest BCUT2D eigenvalue weighted by Gasteiger charge is -2.11. The molecule has 0 saturated carbocycles. The second kappa shape index (κ2) is 4.08. The summed E-state index contributed by atoms with van der Waals surface area (Å²) < 4.78 is 67.3. The van der Waals surface area contributed by atoms with E-state index in [-0.39, 0.29) is 5.39 Å². The number of hydrogen-bond acceptors (Lipinski definition) is 2. The van der Waals surface area contributed by atoms with Crippen molar-refractivity contribution in [1.82, 2.24) is 0 Å². The van der Waals surface area contributed by atoms with E-state index in [0.717, 1.165) is 12.1 Å². The Balaban J connectivity index is 2.50. The van der Waals surface area contributed by atoms with E-state index in [1.165, 1.54) is 12.1 Å². The summed E-state index contributed by atoms with van der Waals surface area (Å²) in [6.07, 6.45) is -4.15. The lowest BCUT2D eigenvalue weighted by Crippen LogP contribution is -2.36. The van der Waals surface area contributed by atoms with Gasteiger partial charge in [-0.25, -0.2) is 13.2 Å². The quantitative estimate of drug-likeness (QED) is 0.625. The van der Waals surface area contributed by atoms with Gasteiger partial charge in [-0.05, 0) is 12.1 Å². The number of para-hydroxylation sites is 1. The first-order valence-electron chi connectivity index (χ1n) is 4.73. The van der Waals surface area contributed by atoms with Gasteiger partial charge in [-0.3, -0.25) is 4.79 Å². The van der Waals surface area contributed by atoms with Crippen LogP contribution in [-0.2, 0) is 0 Å². The molecule has 1 aromatic carbocycles. The highest BCUT2D eigenvalue weighted by Crippen LogP contribution is 2.30. The number of carbonyl (C=O) groups excluding carboxylic acids is 1. The summed E-state index contributed by atoms with van der Waals surface area (Å²) >= 11 is 0. The highest BCUT2D eigenvalue weighted by atomic mass is 19.3. The zero-order chi connectivity index (χ0) is 13.5. The van der Waals surface area contributed by atoms with Crippen molar-refractivity contribution in [2.45, 2.75) is 12.3 Å². The molecule has 1 heterocycles. The highest BCUT2D eigenvalue weighted by Gasteiger charge is 2.50. The molecule has 0 atom stereocenters. The second-order valence-electron chi connectivity index (χ2n) is 3.52. The van der Waals surface area contributed by atoms with Crippen LogP contribution in [0.1, 0.15) is 10.6 Å². The number of rotatable bonds is 3. The molecule has 0 saturated heterocycles. The third-order valence-electron chi connectivity index (χ3n) is 2.30. The van der Waals surface area contributed by atoms with E-state index in [1.54, 1.807) is 0 Å². The summed E-state index contributed by atoms with van der Waals surface area (Å²) in [6, 6.07) is 4.37. The van der Waals surface area contributed by atoms with Crippen LogP contribution in [-0.4, -0.2) is 18.1 Å². The average Bonchev–Trinajstić information content (AvgIpc) is 2.73. The Kier molecular flexibility index (Phi) is 2.84. The molecule has 0 spiro atoms. The molecule has 0 bridgehead atoms. The first kappa shape index (κ1) is 12.5. The predicted molar refractivity (Wildman–Crippen MR) is 51.5 cm³/mol. The summed E-state index contributed by atoms with van der Waals surface area (Å²) in [5.41, 5.74) is -0.425. The van der Waals surface area contributed by atoms with Gasteiger partial charge in [-0.2, -0.15) is 8.78 Å². The molecule has 2 aromatic rings. The smallest absolute Gasteiger partial charge is 0.372 e. The van der Waals surface area contributed by atoms with Crippen LogP contribution in [0.25, 0.3) is 11.0 Å². The maximum absolute atomic E-state index is 13.2. The Morgan fingerprint density at radius 2 is 1.94 bits per heavy atom. The number of ketones is 1. The second-order valence-corrected chi connectivity index (χ2v) is 3.52. The van der Waals surface area contributed by atoms with Gasteiger partial charge in [0, 0.05) is 5.39 Å². The predicted octanol–water partition coefficient (Wildman–Crippen LogP) is 3.66. The van der Waals surface area contributed by atoms with E-state index >= 15 is 0 Å². The van der Waals surface area contributed by atoms with Gasteiger partial charge in [-0.15, -0.1) is 0 Å². The summed E-state index contributed by atoms with van der Waals surface area (Å²) in [5.74, 6) is -8.90. The zero-order valence-corrected chi connectivity index (χ0v) is 8.59. The number of fused-ring (bicyclic) bond motifs is 1. The lowest BCUT2D eigenvalue weighted by molar-refractivity contribution is -0.0968. The molecule has 7 heteroatoms. The fourth-order valence-corrected chi connectivity index (χ4v) is 1.40. The molecule has 2 rings (SSSR count). The van der Waals surface area contributed by atoms with E-state index < -0.39 is 35.3 Å². The first-order valence-corrected chi connectivity index (χ1v) is 4.73. The van der Waals surface area contributed by atoms with Crippen LogP contribution in [0.5, 0.6) is 0 Å². The number of carbonyl (C=O) groups is 1. The van der Waals surface area contributed by atoms with Crippen LogP contribution in [0.15, 0.2) is 28.7 Å². The van der Waals surface area contributed by atoms with Crippen molar-refractivity contribution in [2.75, 3.05) is 0 Å². The van der Waals surface area contributed by atoms with Crippen molar-refractivity contribution in [1.29, 1.82) is 0 Å². The van der Waals surface area contributed by atoms with Crippen LogP contribution in [0.4, 0.5) is 22.0 Å². The molecular formula is C11H5F5O2. The molecule has 2 nitrogen and oxygen atoms in total. The first-order chi connectivity index (χ1) is 8.34. The van der Waals surface area contributed by atoms with Crippen molar-refractivity contribution >= 4 is 16.8 Å². The molecule has 0 N–H and O–H groups in total. The maximum atomic E-state index is 13.2. The Hall–Kier alpha value is -1.92. The van der Waals surface area contributed by atoms with E-state index in [2.05, 4.69) is 4.42 Å². The Morgan fingerprint density at radius 1 is 1.28 bits per heavy atom. The van der Waals surface area contributed by atoms with Gasteiger partial charge in [0.15, 0.2) is 17.2 Å². The maximum Gasteiger partial charge on any atom is 0.372 e. The van der Waals surface area contributed by atoms with Gasteiger partial charge in [0.05, 0.1) is 0 Å². The van der Waals surface area contributed by atoms with Crippen molar-refractivity contribution in [2.24, 2.45) is 0 Å². The van der Waals surface area contributed by atoms with Crippen LogP contribution in [0, 0.1) is 5.82 Å². The fraction of sp³-hybridized carbons (Fsp3) is 0.182. The normalized spacial score (nSPS) is 12.3. The Bertz CT molecular complexity index is 602. The largest absolute Gasteiger partial charge is 0.450 e. The molecular weight excluding hydrogens is 259 g/mol. The summed E-state index contributed by atoms with van der Waals surface area (Å²) in [5, 5.41) is 0.0448. The third kappa shape index (κ3) is 1.85. The highest BCUT2D eigenvalue weighted by molar-refractivity contribution is 6.02. The molecule has 0 radical (unpaired) electrons. The number of alkyl halides is 4. The van der Waals surface area contributed by atoms with E-state index in [9.17, 15) is 26.7 Å². The van der Waals surface area contributed by atoms with Gasteiger partial charge >= 0.3 is 12.3 Å². The van der Waals surface area contributed by atoms with Crippen molar-refractivity contribution in [3.63, 3.8) is 0 Å². The fourth-order valence-electron chi connectivity index (χ4n) is 1.40. The van der Waals surface area contributed by atoms with Crippen LogP contribution < -0.4 is 0 Å². The Morgan fingerprint density at radius 3 is 2.50 bits per heavy atom. The molecule has 1 aromatic heterocycles. The lowest BCUT2D eigenvalue weighted by atomic mass is 10.1. The van der Waals surface area contributed by atoms with Crippen LogP contribution in [0.3, 0.4) is 0 Å². The van der Waals surface area contributed by atoms with Gasteiger partial charge in [0.2, 0.25) is 0 Å². The minimum absolute atomic E-state index is 0.0448. The zero-order valence-electron chi connectivity index (χ0n) is 8.59. The standard InChI is InChI=1S/C11H5F5O2/c12-6-3-1-2-5-4-7(18-8(5)6)9(17)11(15,16)10(13)14/h1-4,10H. The molecule has 0 fully saturated rings. The summed E-state index contributed by atoms with van der Waals surface area (Å²) in [4.78, 5) is 11.1. The number of halogens is 5. The van der Waals surface area contributed by atoms with Gasteiger partial charge in [0.25, 0.3) is 5.78 Å². The SMILES string of the molecule is O=C(c1cc2cccc(F)c2o1)C(F)(F)C(F)F. The van der Waals surface area contributed by atoms with Crippen LogP contribution >= 0.6 is 0 Å².